The first-order valence-corrected chi connectivity index (χ1v) is 11.9. The van der Waals surface area contributed by atoms with Gasteiger partial charge in [0.05, 0.1) is 0 Å². The SMILES string of the molecule is C1=C(c2ccc3ccccc3c2)CCC(C2N=C(c3ccccc3)NC(c3ccccc3)N2)=C1. The van der Waals surface area contributed by atoms with E-state index in [0.717, 1.165) is 24.2 Å². The minimum Gasteiger partial charge on any atom is -0.350 e. The maximum absolute atomic E-state index is 5.09. The molecule has 2 atom stereocenters. The minimum atomic E-state index is -0.0592. The molecule has 0 amide bonds. The van der Waals surface area contributed by atoms with Gasteiger partial charge in [-0.15, -0.1) is 0 Å². The summed E-state index contributed by atoms with van der Waals surface area (Å²) in [7, 11) is 0. The molecule has 166 valence electrons. The van der Waals surface area contributed by atoms with Crippen LogP contribution in [-0.4, -0.2) is 12.0 Å². The zero-order valence-corrected chi connectivity index (χ0v) is 19.0. The van der Waals surface area contributed by atoms with Crippen molar-refractivity contribution in [1.82, 2.24) is 10.6 Å². The predicted octanol–water partition coefficient (Wildman–Crippen LogP) is 6.61. The summed E-state index contributed by atoms with van der Waals surface area (Å²) in [6.45, 7) is 0. The van der Waals surface area contributed by atoms with Crippen LogP contribution < -0.4 is 10.6 Å². The van der Waals surface area contributed by atoms with E-state index in [1.807, 2.05) is 6.07 Å². The van der Waals surface area contributed by atoms with Gasteiger partial charge in [-0.2, -0.15) is 0 Å². The normalized spacial score (nSPS) is 20.2. The van der Waals surface area contributed by atoms with E-state index < -0.39 is 0 Å². The smallest absolute Gasteiger partial charge is 0.131 e. The number of amidine groups is 1. The van der Waals surface area contributed by atoms with E-state index in [4.69, 9.17) is 4.99 Å². The van der Waals surface area contributed by atoms with Crippen LogP contribution in [0.3, 0.4) is 0 Å². The molecule has 4 aromatic carbocycles. The number of hydrogen-bond donors (Lipinski definition) is 2. The van der Waals surface area contributed by atoms with Crippen molar-refractivity contribution in [3.63, 3.8) is 0 Å². The number of nitrogens with one attached hydrogen (secondary N) is 2. The second kappa shape index (κ2) is 9.12. The van der Waals surface area contributed by atoms with Crippen LogP contribution in [0, 0.1) is 0 Å². The lowest BCUT2D eigenvalue weighted by Crippen LogP contribution is -2.49. The maximum atomic E-state index is 5.09. The Labute approximate surface area is 200 Å². The highest BCUT2D eigenvalue weighted by atomic mass is 15.3. The largest absolute Gasteiger partial charge is 0.350 e. The number of aliphatic imine (C=N–C) groups is 1. The van der Waals surface area contributed by atoms with E-state index in [1.54, 1.807) is 0 Å². The van der Waals surface area contributed by atoms with Gasteiger partial charge in [-0.25, -0.2) is 4.99 Å². The first-order valence-electron chi connectivity index (χ1n) is 11.9. The number of rotatable bonds is 4. The number of hydrogen-bond acceptors (Lipinski definition) is 3. The Bertz CT molecular complexity index is 1400. The molecule has 0 saturated carbocycles. The summed E-state index contributed by atoms with van der Waals surface area (Å²) in [6, 6.07) is 36.2. The number of allylic oxidation sites excluding steroid dienone is 3. The van der Waals surface area contributed by atoms with Crippen LogP contribution in [0.15, 0.2) is 126 Å². The Kier molecular flexibility index (Phi) is 5.54. The molecule has 6 rings (SSSR count). The molecule has 3 nitrogen and oxygen atoms in total. The molecule has 1 aliphatic heterocycles. The Morgan fingerprint density at radius 2 is 1.38 bits per heavy atom. The van der Waals surface area contributed by atoms with E-state index >= 15 is 0 Å². The minimum absolute atomic E-state index is 0.00525. The van der Waals surface area contributed by atoms with Crippen molar-refractivity contribution in [2.45, 2.75) is 25.2 Å². The molecule has 0 radical (unpaired) electrons. The van der Waals surface area contributed by atoms with Gasteiger partial charge in [-0.1, -0.05) is 109 Å². The zero-order chi connectivity index (χ0) is 22.7. The molecule has 2 N–H and O–H groups in total. The standard InChI is InChI=1S/C31H27N3/c1-3-10-24(11-4-1)29-32-30(25-12-5-2-6-13-25)34-31(33-29)26-18-15-23(16-19-26)28-20-17-22-9-7-8-14-27(22)21-28/h1-15,17-18,20-21,29,31,33H,16,19H2,(H,32,34). The van der Waals surface area contributed by atoms with Crippen molar-refractivity contribution >= 4 is 22.2 Å². The van der Waals surface area contributed by atoms with Gasteiger partial charge in [-0.3, -0.25) is 5.32 Å². The lowest BCUT2D eigenvalue weighted by Gasteiger charge is -2.33. The van der Waals surface area contributed by atoms with Crippen molar-refractivity contribution in [2.75, 3.05) is 0 Å². The second-order valence-electron chi connectivity index (χ2n) is 8.90. The van der Waals surface area contributed by atoms with Crippen LogP contribution in [0.2, 0.25) is 0 Å². The third kappa shape index (κ3) is 4.18. The average molecular weight is 442 g/mol. The monoisotopic (exact) mass is 441 g/mol. The Morgan fingerprint density at radius 3 is 2.15 bits per heavy atom. The Hall–Kier alpha value is -3.95. The molecule has 1 aliphatic carbocycles. The number of benzene rings is 4. The van der Waals surface area contributed by atoms with Gasteiger partial charge in [0.15, 0.2) is 0 Å². The first-order chi connectivity index (χ1) is 16.8. The highest BCUT2D eigenvalue weighted by Gasteiger charge is 2.27. The fraction of sp³-hybridized carbons (Fsp3) is 0.129. The van der Waals surface area contributed by atoms with Gasteiger partial charge >= 0.3 is 0 Å². The summed E-state index contributed by atoms with van der Waals surface area (Å²) >= 11 is 0. The van der Waals surface area contributed by atoms with Gasteiger partial charge in [0.25, 0.3) is 0 Å². The third-order valence-corrected chi connectivity index (χ3v) is 6.70. The van der Waals surface area contributed by atoms with Crippen LogP contribution in [-0.2, 0) is 0 Å². The fourth-order valence-corrected chi connectivity index (χ4v) is 4.82. The molecular formula is C31H27N3. The molecular weight excluding hydrogens is 414 g/mol. The molecule has 4 aromatic rings. The van der Waals surface area contributed by atoms with Crippen LogP contribution in [0.25, 0.3) is 16.3 Å². The van der Waals surface area contributed by atoms with Crippen molar-refractivity contribution in [1.29, 1.82) is 0 Å². The topological polar surface area (TPSA) is 36.4 Å². The average Bonchev–Trinajstić information content (AvgIpc) is 2.93. The summed E-state index contributed by atoms with van der Waals surface area (Å²) in [5, 5.41) is 9.90. The highest BCUT2D eigenvalue weighted by molar-refractivity contribution is 5.99. The van der Waals surface area contributed by atoms with Crippen molar-refractivity contribution in [2.24, 2.45) is 4.99 Å². The van der Waals surface area contributed by atoms with Gasteiger partial charge in [0.2, 0.25) is 0 Å². The van der Waals surface area contributed by atoms with Gasteiger partial charge in [0.1, 0.15) is 18.2 Å². The van der Waals surface area contributed by atoms with E-state index in [1.165, 1.54) is 33.0 Å². The van der Waals surface area contributed by atoms with Crippen LogP contribution in [0.4, 0.5) is 0 Å². The second-order valence-corrected chi connectivity index (χ2v) is 8.90. The summed E-state index contributed by atoms with van der Waals surface area (Å²) < 4.78 is 0. The predicted molar refractivity (Wildman–Crippen MR) is 141 cm³/mol. The quantitative estimate of drug-likeness (QED) is 0.374. The number of fused-ring (bicyclic) bond motifs is 1. The van der Waals surface area contributed by atoms with E-state index in [2.05, 4.69) is 120 Å². The molecule has 0 spiro atoms. The molecule has 1 heterocycles. The fourth-order valence-electron chi connectivity index (χ4n) is 4.82. The van der Waals surface area contributed by atoms with E-state index in [9.17, 15) is 0 Å². The van der Waals surface area contributed by atoms with Crippen LogP contribution in [0.1, 0.15) is 35.7 Å². The zero-order valence-electron chi connectivity index (χ0n) is 19.0. The lowest BCUT2D eigenvalue weighted by molar-refractivity contribution is 0.425. The van der Waals surface area contributed by atoms with Crippen molar-refractivity contribution < 1.29 is 0 Å². The first kappa shape index (κ1) is 20.6. The summed E-state index contributed by atoms with van der Waals surface area (Å²) in [5.41, 5.74) is 6.33. The molecule has 34 heavy (non-hydrogen) atoms. The molecule has 0 bridgehead atoms. The Balaban J connectivity index is 1.32. The summed E-state index contributed by atoms with van der Waals surface area (Å²) in [6.07, 6.45) is 6.50. The van der Waals surface area contributed by atoms with Crippen LogP contribution >= 0.6 is 0 Å². The molecule has 0 saturated heterocycles. The highest BCUT2D eigenvalue weighted by Crippen LogP contribution is 2.31. The van der Waals surface area contributed by atoms with Gasteiger partial charge in [0, 0.05) is 5.56 Å². The summed E-state index contributed by atoms with van der Waals surface area (Å²) in [4.78, 5) is 5.09. The lowest BCUT2D eigenvalue weighted by atomic mass is 9.90. The van der Waals surface area contributed by atoms with E-state index in [0.29, 0.717) is 0 Å². The van der Waals surface area contributed by atoms with Gasteiger partial charge < -0.3 is 5.32 Å². The maximum Gasteiger partial charge on any atom is 0.131 e. The molecule has 2 unspecified atom stereocenters. The Morgan fingerprint density at radius 1 is 0.647 bits per heavy atom. The molecule has 0 aromatic heterocycles. The molecule has 2 aliphatic rings. The molecule has 3 heteroatoms. The third-order valence-electron chi connectivity index (χ3n) is 6.70. The molecule has 0 fully saturated rings. The number of nitrogens with zero attached hydrogens (tertiary/aromatic N) is 1. The summed E-state index contributed by atoms with van der Waals surface area (Å²) in [5.74, 6) is 0.934. The van der Waals surface area contributed by atoms with E-state index in [-0.39, 0.29) is 12.3 Å². The van der Waals surface area contributed by atoms with Crippen molar-refractivity contribution in [3.05, 3.63) is 138 Å². The van der Waals surface area contributed by atoms with Crippen LogP contribution in [0.5, 0.6) is 0 Å². The van der Waals surface area contributed by atoms with Crippen molar-refractivity contribution in [3.8, 4) is 0 Å². The van der Waals surface area contributed by atoms with Gasteiger partial charge in [-0.05, 0) is 52.0 Å².